The van der Waals surface area contributed by atoms with Crippen LogP contribution in [-0.4, -0.2) is 15.8 Å². The Kier molecular flexibility index (Phi) is 5.26. The van der Waals surface area contributed by atoms with Crippen molar-refractivity contribution in [3.05, 3.63) is 46.2 Å². The summed E-state index contributed by atoms with van der Waals surface area (Å²) < 4.78 is 7.79. The van der Waals surface area contributed by atoms with Crippen molar-refractivity contribution in [1.29, 1.82) is 0 Å². The van der Waals surface area contributed by atoms with Crippen molar-refractivity contribution in [3.63, 3.8) is 0 Å². The standard InChI is InChI=1S/C16H22ClN3O/c1-11(2)18-9-13-8-14(17)5-6-16(13)21-10-15-7-12(3)19-20(15)4/h5-8,11,18H,9-10H2,1-4H3. The van der Waals surface area contributed by atoms with E-state index in [9.17, 15) is 0 Å². The molecule has 0 unspecified atom stereocenters. The van der Waals surface area contributed by atoms with Crippen LogP contribution in [0.4, 0.5) is 0 Å². The molecule has 114 valence electrons. The van der Waals surface area contributed by atoms with Crippen LogP contribution in [-0.2, 0) is 20.2 Å². The number of aromatic nitrogens is 2. The highest BCUT2D eigenvalue weighted by atomic mass is 35.5. The van der Waals surface area contributed by atoms with E-state index in [2.05, 4.69) is 24.3 Å². The molecular formula is C16H22ClN3O. The number of nitrogens with zero attached hydrogens (tertiary/aromatic N) is 2. The van der Waals surface area contributed by atoms with Gasteiger partial charge in [0.2, 0.25) is 0 Å². The second-order valence-electron chi connectivity index (χ2n) is 5.48. The minimum Gasteiger partial charge on any atom is -0.487 e. The van der Waals surface area contributed by atoms with Crippen LogP contribution < -0.4 is 10.1 Å². The van der Waals surface area contributed by atoms with Gasteiger partial charge in [-0.1, -0.05) is 25.4 Å². The molecule has 0 aliphatic heterocycles. The fourth-order valence-electron chi connectivity index (χ4n) is 2.09. The number of hydrogen-bond acceptors (Lipinski definition) is 3. The lowest BCUT2D eigenvalue weighted by Crippen LogP contribution is -2.22. The van der Waals surface area contributed by atoms with E-state index in [1.807, 2.05) is 42.9 Å². The number of nitrogens with one attached hydrogen (secondary N) is 1. The fraction of sp³-hybridized carbons (Fsp3) is 0.438. The Balaban J connectivity index is 2.09. The van der Waals surface area contributed by atoms with Gasteiger partial charge in [0.15, 0.2) is 0 Å². The molecule has 0 spiro atoms. The zero-order chi connectivity index (χ0) is 15.4. The van der Waals surface area contributed by atoms with E-state index in [0.717, 1.165) is 34.3 Å². The first-order valence-corrected chi connectivity index (χ1v) is 7.47. The number of rotatable bonds is 6. The Labute approximate surface area is 131 Å². The Morgan fingerprint density at radius 3 is 2.71 bits per heavy atom. The maximum atomic E-state index is 6.08. The molecule has 4 nitrogen and oxygen atoms in total. The Bertz CT molecular complexity index is 608. The predicted octanol–water partition coefficient (Wildman–Crippen LogP) is 3.46. The van der Waals surface area contributed by atoms with E-state index in [-0.39, 0.29) is 0 Å². The van der Waals surface area contributed by atoms with Crippen LogP contribution in [0.15, 0.2) is 24.3 Å². The molecular weight excluding hydrogens is 286 g/mol. The molecule has 0 radical (unpaired) electrons. The van der Waals surface area contributed by atoms with Gasteiger partial charge in [0, 0.05) is 30.2 Å². The monoisotopic (exact) mass is 307 g/mol. The molecule has 5 heteroatoms. The SMILES string of the molecule is Cc1cc(COc2ccc(Cl)cc2CNC(C)C)n(C)n1. The lowest BCUT2D eigenvalue weighted by atomic mass is 10.2. The molecule has 2 rings (SSSR count). The van der Waals surface area contributed by atoms with E-state index in [1.54, 1.807) is 0 Å². The number of ether oxygens (including phenoxy) is 1. The van der Waals surface area contributed by atoms with E-state index in [4.69, 9.17) is 16.3 Å². The van der Waals surface area contributed by atoms with Gasteiger partial charge < -0.3 is 10.1 Å². The first-order chi connectivity index (χ1) is 9.95. The zero-order valence-electron chi connectivity index (χ0n) is 13.0. The summed E-state index contributed by atoms with van der Waals surface area (Å²) in [5.41, 5.74) is 3.11. The van der Waals surface area contributed by atoms with Gasteiger partial charge in [-0.3, -0.25) is 4.68 Å². The first-order valence-electron chi connectivity index (χ1n) is 7.10. The molecule has 0 bridgehead atoms. The summed E-state index contributed by atoms with van der Waals surface area (Å²) in [5.74, 6) is 0.853. The molecule has 1 aromatic carbocycles. The minimum atomic E-state index is 0.413. The topological polar surface area (TPSA) is 39.1 Å². The predicted molar refractivity (Wildman–Crippen MR) is 85.7 cm³/mol. The normalized spacial score (nSPS) is 11.1. The average molecular weight is 308 g/mol. The van der Waals surface area contributed by atoms with Crippen molar-refractivity contribution in [2.24, 2.45) is 7.05 Å². The van der Waals surface area contributed by atoms with Crippen molar-refractivity contribution in [1.82, 2.24) is 15.1 Å². The second-order valence-corrected chi connectivity index (χ2v) is 5.91. The van der Waals surface area contributed by atoms with Gasteiger partial charge in [0.25, 0.3) is 0 Å². The van der Waals surface area contributed by atoms with E-state index in [1.165, 1.54) is 0 Å². The number of halogens is 1. The molecule has 1 N–H and O–H groups in total. The van der Waals surface area contributed by atoms with E-state index in [0.29, 0.717) is 12.6 Å². The summed E-state index contributed by atoms with van der Waals surface area (Å²) in [5, 5.41) is 8.43. The molecule has 0 fully saturated rings. The van der Waals surface area contributed by atoms with Gasteiger partial charge in [0.05, 0.1) is 11.4 Å². The number of aryl methyl sites for hydroxylation is 2. The zero-order valence-corrected chi connectivity index (χ0v) is 13.7. The Morgan fingerprint density at radius 2 is 2.10 bits per heavy atom. The molecule has 0 aliphatic carbocycles. The van der Waals surface area contributed by atoms with E-state index < -0.39 is 0 Å². The maximum Gasteiger partial charge on any atom is 0.130 e. The van der Waals surface area contributed by atoms with Gasteiger partial charge in [-0.15, -0.1) is 0 Å². The maximum absolute atomic E-state index is 6.08. The highest BCUT2D eigenvalue weighted by Gasteiger charge is 2.08. The van der Waals surface area contributed by atoms with Crippen LogP contribution >= 0.6 is 11.6 Å². The molecule has 0 aliphatic rings. The Hall–Kier alpha value is -1.52. The number of benzene rings is 1. The highest BCUT2D eigenvalue weighted by molar-refractivity contribution is 6.30. The summed E-state index contributed by atoms with van der Waals surface area (Å²) >= 11 is 6.08. The Morgan fingerprint density at radius 1 is 1.33 bits per heavy atom. The third-order valence-corrected chi connectivity index (χ3v) is 3.43. The van der Waals surface area contributed by atoms with E-state index >= 15 is 0 Å². The molecule has 0 saturated heterocycles. The molecule has 2 aromatic rings. The van der Waals surface area contributed by atoms with Crippen LogP contribution in [0.3, 0.4) is 0 Å². The molecule has 0 atom stereocenters. The first kappa shape index (κ1) is 15.9. The molecule has 1 heterocycles. The van der Waals surface area contributed by atoms with Crippen molar-refractivity contribution < 1.29 is 4.74 Å². The molecule has 0 saturated carbocycles. The summed E-state index contributed by atoms with van der Waals surface area (Å²) in [7, 11) is 1.93. The van der Waals surface area contributed by atoms with Gasteiger partial charge >= 0.3 is 0 Å². The van der Waals surface area contributed by atoms with Crippen molar-refractivity contribution in [2.75, 3.05) is 0 Å². The summed E-state index contributed by atoms with van der Waals surface area (Å²) in [4.78, 5) is 0. The lowest BCUT2D eigenvalue weighted by molar-refractivity contribution is 0.291. The van der Waals surface area contributed by atoms with Gasteiger partial charge in [0.1, 0.15) is 12.4 Å². The van der Waals surface area contributed by atoms with Crippen LogP contribution in [0.2, 0.25) is 5.02 Å². The number of hydrogen-bond donors (Lipinski definition) is 1. The third-order valence-electron chi connectivity index (χ3n) is 3.20. The average Bonchev–Trinajstić information content (AvgIpc) is 2.73. The van der Waals surface area contributed by atoms with Crippen LogP contribution in [0.25, 0.3) is 0 Å². The second kappa shape index (κ2) is 6.96. The van der Waals surface area contributed by atoms with Gasteiger partial charge in [-0.05, 0) is 31.2 Å². The highest BCUT2D eigenvalue weighted by Crippen LogP contribution is 2.24. The lowest BCUT2D eigenvalue weighted by Gasteiger charge is -2.14. The van der Waals surface area contributed by atoms with Crippen molar-refractivity contribution in [3.8, 4) is 5.75 Å². The minimum absolute atomic E-state index is 0.413. The van der Waals surface area contributed by atoms with Crippen LogP contribution in [0, 0.1) is 6.92 Å². The smallest absolute Gasteiger partial charge is 0.130 e. The van der Waals surface area contributed by atoms with Gasteiger partial charge in [-0.2, -0.15) is 5.10 Å². The molecule has 0 amide bonds. The van der Waals surface area contributed by atoms with Crippen LogP contribution in [0.5, 0.6) is 5.75 Å². The summed E-state index contributed by atoms with van der Waals surface area (Å²) in [6.45, 7) is 7.43. The molecule has 21 heavy (non-hydrogen) atoms. The largest absolute Gasteiger partial charge is 0.487 e. The summed E-state index contributed by atoms with van der Waals surface area (Å²) in [6.07, 6.45) is 0. The quantitative estimate of drug-likeness (QED) is 0.888. The third kappa shape index (κ3) is 4.48. The molecule has 1 aromatic heterocycles. The van der Waals surface area contributed by atoms with Crippen molar-refractivity contribution in [2.45, 2.75) is 40.0 Å². The van der Waals surface area contributed by atoms with Gasteiger partial charge in [-0.25, -0.2) is 0 Å². The van der Waals surface area contributed by atoms with Crippen molar-refractivity contribution >= 4 is 11.6 Å². The van der Waals surface area contributed by atoms with Crippen LogP contribution in [0.1, 0.15) is 30.8 Å². The summed E-state index contributed by atoms with van der Waals surface area (Å²) in [6, 6.07) is 8.16. The fourth-order valence-corrected chi connectivity index (χ4v) is 2.29.